The van der Waals surface area contributed by atoms with Crippen LogP contribution in [0.1, 0.15) is 42.9 Å². The van der Waals surface area contributed by atoms with Crippen LogP contribution in [0.5, 0.6) is 0 Å². The Kier molecular flexibility index (Phi) is 5.13. The van der Waals surface area contributed by atoms with Crippen LogP contribution in [-0.2, 0) is 6.54 Å². The second-order valence-electron chi connectivity index (χ2n) is 5.40. The van der Waals surface area contributed by atoms with Crippen LogP contribution in [0.4, 0.5) is 0 Å². The van der Waals surface area contributed by atoms with Gasteiger partial charge < -0.3 is 5.32 Å². The zero-order valence-corrected chi connectivity index (χ0v) is 12.6. The van der Waals surface area contributed by atoms with Crippen molar-refractivity contribution in [3.8, 4) is 0 Å². The first-order valence-electron chi connectivity index (χ1n) is 7.10. The number of benzene rings is 1. The van der Waals surface area contributed by atoms with Gasteiger partial charge in [-0.1, -0.05) is 30.7 Å². The van der Waals surface area contributed by atoms with Crippen molar-refractivity contribution in [2.24, 2.45) is 0 Å². The van der Waals surface area contributed by atoms with E-state index in [0.717, 1.165) is 17.8 Å². The lowest BCUT2D eigenvalue weighted by atomic mass is 10.1. The number of rotatable bonds is 5. The molecule has 2 atom stereocenters. The summed E-state index contributed by atoms with van der Waals surface area (Å²) in [4.78, 5) is 0. The standard InChI is InChI=1S/C16H25NS/c1-4-18-16-8-7-15(10-16)17-11-14-6-5-12(2)9-13(14)3/h5-6,9,15-17H,4,7-8,10-11H2,1-3H3. The molecule has 1 N–H and O–H groups in total. The fraction of sp³-hybridized carbons (Fsp3) is 0.625. The molecule has 0 amide bonds. The molecule has 0 aliphatic heterocycles. The third kappa shape index (κ3) is 3.76. The first-order valence-corrected chi connectivity index (χ1v) is 8.15. The molecule has 1 aromatic carbocycles. The minimum Gasteiger partial charge on any atom is -0.310 e. The lowest BCUT2D eigenvalue weighted by Crippen LogP contribution is -2.26. The van der Waals surface area contributed by atoms with E-state index in [2.05, 4.69) is 56.0 Å². The summed E-state index contributed by atoms with van der Waals surface area (Å²) in [5.41, 5.74) is 4.23. The van der Waals surface area contributed by atoms with Gasteiger partial charge in [0.25, 0.3) is 0 Å². The third-order valence-corrected chi connectivity index (χ3v) is 5.10. The Hall–Kier alpha value is -0.470. The smallest absolute Gasteiger partial charge is 0.0210 e. The molecular weight excluding hydrogens is 238 g/mol. The summed E-state index contributed by atoms with van der Waals surface area (Å²) in [6.45, 7) is 7.67. The van der Waals surface area contributed by atoms with Gasteiger partial charge in [0.15, 0.2) is 0 Å². The molecule has 0 spiro atoms. The van der Waals surface area contributed by atoms with Crippen LogP contribution >= 0.6 is 11.8 Å². The highest BCUT2D eigenvalue weighted by molar-refractivity contribution is 7.99. The first-order chi connectivity index (χ1) is 8.69. The van der Waals surface area contributed by atoms with Gasteiger partial charge in [-0.05, 0) is 50.0 Å². The molecule has 18 heavy (non-hydrogen) atoms. The van der Waals surface area contributed by atoms with Gasteiger partial charge in [-0.25, -0.2) is 0 Å². The van der Waals surface area contributed by atoms with E-state index in [4.69, 9.17) is 0 Å². The van der Waals surface area contributed by atoms with Crippen molar-refractivity contribution >= 4 is 11.8 Å². The Labute approximate surface area is 116 Å². The lowest BCUT2D eigenvalue weighted by molar-refractivity contribution is 0.524. The van der Waals surface area contributed by atoms with E-state index in [0.29, 0.717) is 0 Å². The van der Waals surface area contributed by atoms with Gasteiger partial charge in [0, 0.05) is 17.8 Å². The Bertz CT molecular complexity index is 389. The maximum absolute atomic E-state index is 3.73. The van der Waals surface area contributed by atoms with Crippen LogP contribution in [0.3, 0.4) is 0 Å². The van der Waals surface area contributed by atoms with Crippen molar-refractivity contribution in [3.05, 3.63) is 34.9 Å². The van der Waals surface area contributed by atoms with Crippen LogP contribution < -0.4 is 5.32 Å². The van der Waals surface area contributed by atoms with Crippen molar-refractivity contribution < 1.29 is 0 Å². The highest BCUT2D eigenvalue weighted by Crippen LogP contribution is 2.29. The molecule has 2 rings (SSSR count). The van der Waals surface area contributed by atoms with E-state index in [1.807, 2.05) is 0 Å². The van der Waals surface area contributed by atoms with Crippen LogP contribution in [-0.4, -0.2) is 17.0 Å². The zero-order valence-electron chi connectivity index (χ0n) is 11.8. The SMILES string of the molecule is CCSC1CCC(NCc2ccc(C)cc2C)C1. The summed E-state index contributed by atoms with van der Waals surface area (Å²) in [5.74, 6) is 1.26. The number of hydrogen-bond acceptors (Lipinski definition) is 2. The van der Waals surface area contributed by atoms with Gasteiger partial charge in [0.05, 0.1) is 0 Å². The molecule has 1 nitrogen and oxygen atoms in total. The number of aryl methyl sites for hydroxylation is 2. The normalized spacial score (nSPS) is 23.5. The Morgan fingerprint density at radius 2 is 2.11 bits per heavy atom. The van der Waals surface area contributed by atoms with Crippen LogP contribution in [0.2, 0.25) is 0 Å². The topological polar surface area (TPSA) is 12.0 Å². The van der Waals surface area contributed by atoms with Crippen molar-refractivity contribution in [2.75, 3.05) is 5.75 Å². The highest BCUT2D eigenvalue weighted by Gasteiger charge is 2.23. The first kappa shape index (κ1) is 14.0. The maximum Gasteiger partial charge on any atom is 0.0210 e. The van der Waals surface area contributed by atoms with Crippen LogP contribution in [0.15, 0.2) is 18.2 Å². The molecule has 100 valence electrons. The van der Waals surface area contributed by atoms with E-state index in [9.17, 15) is 0 Å². The van der Waals surface area contributed by atoms with Gasteiger partial charge in [-0.15, -0.1) is 0 Å². The van der Waals surface area contributed by atoms with Gasteiger partial charge in [-0.2, -0.15) is 11.8 Å². The average molecular weight is 263 g/mol. The molecule has 1 aromatic rings. The van der Waals surface area contributed by atoms with E-state index in [-0.39, 0.29) is 0 Å². The summed E-state index contributed by atoms with van der Waals surface area (Å²) in [5, 5.41) is 4.63. The largest absolute Gasteiger partial charge is 0.310 e. The van der Waals surface area contributed by atoms with Gasteiger partial charge in [-0.3, -0.25) is 0 Å². The van der Waals surface area contributed by atoms with E-state index < -0.39 is 0 Å². The minimum absolute atomic E-state index is 0.731. The van der Waals surface area contributed by atoms with Crippen molar-refractivity contribution in [3.63, 3.8) is 0 Å². The molecule has 0 bridgehead atoms. The van der Waals surface area contributed by atoms with Crippen LogP contribution in [0, 0.1) is 13.8 Å². The zero-order chi connectivity index (χ0) is 13.0. The molecule has 1 fully saturated rings. The quantitative estimate of drug-likeness (QED) is 0.859. The molecule has 1 aliphatic rings. The van der Waals surface area contributed by atoms with Gasteiger partial charge >= 0.3 is 0 Å². The van der Waals surface area contributed by atoms with Gasteiger partial charge in [0.2, 0.25) is 0 Å². The van der Waals surface area contributed by atoms with E-state index in [1.165, 1.54) is 41.7 Å². The second kappa shape index (κ2) is 6.63. The molecule has 1 saturated carbocycles. The summed E-state index contributed by atoms with van der Waals surface area (Å²) < 4.78 is 0. The van der Waals surface area contributed by atoms with Crippen molar-refractivity contribution in [1.82, 2.24) is 5.32 Å². The second-order valence-corrected chi connectivity index (χ2v) is 6.98. The number of thioether (sulfide) groups is 1. The molecule has 0 aromatic heterocycles. The maximum atomic E-state index is 3.73. The Balaban J connectivity index is 1.81. The Morgan fingerprint density at radius 3 is 2.83 bits per heavy atom. The van der Waals surface area contributed by atoms with Gasteiger partial charge in [0.1, 0.15) is 0 Å². The lowest BCUT2D eigenvalue weighted by Gasteiger charge is -2.14. The minimum atomic E-state index is 0.731. The summed E-state index contributed by atoms with van der Waals surface area (Å²) in [6, 6.07) is 7.50. The molecule has 2 heteroatoms. The molecular formula is C16H25NS. The summed E-state index contributed by atoms with van der Waals surface area (Å²) >= 11 is 2.13. The molecule has 0 saturated heterocycles. The Morgan fingerprint density at radius 1 is 1.28 bits per heavy atom. The molecule has 2 unspecified atom stereocenters. The predicted octanol–water partition coefficient (Wildman–Crippen LogP) is 4.07. The van der Waals surface area contributed by atoms with Crippen LogP contribution in [0.25, 0.3) is 0 Å². The number of nitrogens with one attached hydrogen (secondary N) is 1. The average Bonchev–Trinajstić information content (AvgIpc) is 2.76. The van der Waals surface area contributed by atoms with E-state index in [1.54, 1.807) is 0 Å². The number of hydrogen-bond donors (Lipinski definition) is 1. The summed E-state index contributed by atoms with van der Waals surface area (Å²) in [7, 11) is 0. The fourth-order valence-corrected chi connectivity index (χ4v) is 3.95. The highest BCUT2D eigenvalue weighted by atomic mass is 32.2. The molecule has 0 heterocycles. The predicted molar refractivity (Wildman–Crippen MR) is 82.3 cm³/mol. The van der Waals surface area contributed by atoms with E-state index >= 15 is 0 Å². The molecule has 0 radical (unpaired) electrons. The fourth-order valence-electron chi connectivity index (χ4n) is 2.81. The molecule has 1 aliphatic carbocycles. The third-order valence-electron chi connectivity index (χ3n) is 3.87. The summed E-state index contributed by atoms with van der Waals surface area (Å²) in [6.07, 6.45) is 4.09. The monoisotopic (exact) mass is 263 g/mol. The van der Waals surface area contributed by atoms with Crippen molar-refractivity contribution in [2.45, 2.75) is 57.9 Å². The van der Waals surface area contributed by atoms with Crippen molar-refractivity contribution in [1.29, 1.82) is 0 Å².